The van der Waals surface area contributed by atoms with Gasteiger partial charge >= 0.3 is 0 Å². The van der Waals surface area contributed by atoms with E-state index in [1.54, 1.807) is 4.90 Å². The number of carbonyl (C=O) groups is 1. The number of nitrogens with zero attached hydrogens (tertiary/aromatic N) is 3. The highest BCUT2D eigenvalue weighted by atomic mass is 16.2. The SMILES string of the molecule is CC(C)(C(=O)N(CCC#N)CCC#N)C1CCCNC1. The second kappa shape index (κ2) is 7.87. The number of carbonyl (C=O) groups excluding carboxylic acids is 1. The van der Waals surface area contributed by atoms with E-state index in [0.717, 1.165) is 25.9 Å². The van der Waals surface area contributed by atoms with Crippen molar-refractivity contribution in [3.8, 4) is 12.1 Å². The smallest absolute Gasteiger partial charge is 0.228 e. The minimum absolute atomic E-state index is 0.0664. The number of piperidine rings is 1. The van der Waals surface area contributed by atoms with Gasteiger partial charge in [0.05, 0.1) is 25.0 Å². The van der Waals surface area contributed by atoms with Crippen molar-refractivity contribution >= 4 is 5.91 Å². The van der Waals surface area contributed by atoms with E-state index in [-0.39, 0.29) is 5.91 Å². The molecule has 5 nitrogen and oxygen atoms in total. The highest BCUT2D eigenvalue weighted by Gasteiger charge is 2.39. The number of nitrogens with one attached hydrogen (secondary N) is 1. The van der Waals surface area contributed by atoms with E-state index in [9.17, 15) is 4.79 Å². The first-order valence-electron chi connectivity index (χ1n) is 7.28. The summed E-state index contributed by atoms with van der Waals surface area (Å²) in [6.45, 7) is 6.69. The van der Waals surface area contributed by atoms with Crippen LogP contribution < -0.4 is 5.32 Å². The van der Waals surface area contributed by atoms with Crippen LogP contribution >= 0.6 is 0 Å². The molecule has 0 aromatic carbocycles. The Hall–Kier alpha value is -1.59. The van der Waals surface area contributed by atoms with Crippen molar-refractivity contribution in [3.05, 3.63) is 0 Å². The van der Waals surface area contributed by atoms with Crippen LogP contribution in [0.1, 0.15) is 39.5 Å². The van der Waals surface area contributed by atoms with Crippen LogP contribution in [-0.4, -0.2) is 37.0 Å². The predicted octanol–water partition coefficient (Wildman–Crippen LogP) is 1.67. The Morgan fingerprint density at radius 3 is 2.35 bits per heavy atom. The van der Waals surface area contributed by atoms with Gasteiger partial charge in [-0.05, 0) is 31.8 Å². The van der Waals surface area contributed by atoms with Crippen molar-refractivity contribution in [1.29, 1.82) is 10.5 Å². The van der Waals surface area contributed by atoms with Gasteiger partial charge in [0.1, 0.15) is 0 Å². The standard InChI is InChI=1S/C15H24N4O/c1-15(2,13-6-3-9-18-12-13)14(20)19(10-4-7-16)11-5-8-17/h13,18H,3-6,9-12H2,1-2H3. The Balaban J connectivity index is 2.74. The summed E-state index contributed by atoms with van der Waals surface area (Å²) in [5.41, 5.74) is -0.446. The molecule has 5 heteroatoms. The molecule has 20 heavy (non-hydrogen) atoms. The molecule has 1 aliphatic rings. The minimum Gasteiger partial charge on any atom is -0.340 e. The fourth-order valence-corrected chi connectivity index (χ4v) is 2.73. The van der Waals surface area contributed by atoms with Crippen LogP contribution in [-0.2, 0) is 4.79 Å². The molecule has 1 atom stereocenters. The molecule has 1 rings (SSSR count). The molecule has 1 amide bonds. The molecule has 0 aliphatic carbocycles. The van der Waals surface area contributed by atoms with Gasteiger partial charge in [-0.3, -0.25) is 4.79 Å². The Morgan fingerprint density at radius 1 is 1.30 bits per heavy atom. The van der Waals surface area contributed by atoms with Crippen molar-refractivity contribution in [2.24, 2.45) is 11.3 Å². The van der Waals surface area contributed by atoms with E-state index >= 15 is 0 Å². The lowest BCUT2D eigenvalue weighted by molar-refractivity contribution is -0.143. The number of hydrogen-bond acceptors (Lipinski definition) is 4. The average Bonchev–Trinajstić information content (AvgIpc) is 2.47. The minimum atomic E-state index is -0.446. The first-order valence-corrected chi connectivity index (χ1v) is 7.28. The van der Waals surface area contributed by atoms with Gasteiger partial charge in [0.25, 0.3) is 0 Å². The van der Waals surface area contributed by atoms with Crippen LogP contribution in [0.15, 0.2) is 0 Å². The Kier molecular flexibility index (Phi) is 6.48. The molecule has 1 N–H and O–H groups in total. The second-order valence-electron chi connectivity index (χ2n) is 5.87. The van der Waals surface area contributed by atoms with Crippen molar-refractivity contribution in [1.82, 2.24) is 10.2 Å². The van der Waals surface area contributed by atoms with Crippen molar-refractivity contribution in [3.63, 3.8) is 0 Å². The molecule has 1 saturated heterocycles. The zero-order chi connectivity index (χ0) is 15.0. The molecule has 0 radical (unpaired) electrons. The van der Waals surface area contributed by atoms with Crippen LogP contribution in [0.2, 0.25) is 0 Å². The van der Waals surface area contributed by atoms with Crippen molar-refractivity contribution in [2.45, 2.75) is 39.5 Å². The van der Waals surface area contributed by atoms with E-state index in [1.807, 2.05) is 13.8 Å². The Morgan fingerprint density at radius 2 is 1.90 bits per heavy atom. The third kappa shape index (κ3) is 4.21. The molecule has 110 valence electrons. The molecule has 1 heterocycles. The molecule has 0 bridgehead atoms. The lowest BCUT2D eigenvalue weighted by Crippen LogP contribution is -2.49. The van der Waals surface area contributed by atoms with Crippen molar-refractivity contribution in [2.75, 3.05) is 26.2 Å². The summed E-state index contributed by atoms with van der Waals surface area (Å²) >= 11 is 0. The normalized spacial score (nSPS) is 18.9. The van der Waals surface area contributed by atoms with Gasteiger partial charge in [-0.2, -0.15) is 10.5 Å². The van der Waals surface area contributed by atoms with Crippen LogP contribution in [0.3, 0.4) is 0 Å². The van der Waals surface area contributed by atoms with Gasteiger partial charge < -0.3 is 10.2 Å². The van der Waals surface area contributed by atoms with Crippen LogP contribution in [0.5, 0.6) is 0 Å². The van der Waals surface area contributed by atoms with E-state index in [0.29, 0.717) is 31.8 Å². The largest absolute Gasteiger partial charge is 0.340 e. The molecule has 1 unspecified atom stereocenters. The van der Waals surface area contributed by atoms with Crippen LogP contribution in [0, 0.1) is 34.0 Å². The van der Waals surface area contributed by atoms with Crippen LogP contribution in [0.4, 0.5) is 0 Å². The lowest BCUT2D eigenvalue weighted by atomic mass is 9.74. The summed E-state index contributed by atoms with van der Waals surface area (Å²) in [5.74, 6) is 0.382. The molecule has 0 spiro atoms. The number of rotatable bonds is 6. The molecular weight excluding hydrogens is 252 g/mol. The van der Waals surface area contributed by atoms with Crippen molar-refractivity contribution < 1.29 is 4.79 Å². The number of nitriles is 2. The van der Waals surface area contributed by atoms with E-state index in [2.05, 4.69) is 17.5 Å². The quantitative estimate of drug-likeness (QED) is 0.800. The molecule has 0 aromatic rings. The predicted molar refractivity (Wildman–Crippen MR) is 76.4 cm³/mol. The van der Waals surface area contributed by atoms with Crippen LogP contribution in [0.25, 0.3) is 0 Å². The number of hydrogen-bond donors (Lipinski definition) is 1. The van der Waals surface area contributed by atoms with Gasteiger partial charge in [-0.25, -0.2) is 0 Å². The summed E-state index contributed by atoms with van der Waals surface area (Å²) in [6.07, 6.45) is 2.78. The maximum absolute atomic E-state index is 12.8. The van der Waals surface area contributed by atoms with E-state index in [4.69, 9.17) is 10.5 Å². The zero-order valence-electron chi connectivity index (χ0n) is 12.5. The maximum Gasteiger partial charge on any atom is 0.228 e. The maximum atomic E-state index is 12.8. The van der Waals surface area contributed by atoms with Gasteiger partial charge in [0.2, 0.25) is 5.91 Å². The van der Waals surface area contributed by atoms with Gasteiger partial charge in [0.15, 0.2) is 0 Å². The second-order valence-corrected chi connectivity index (χ2v) is 5.87. The summed E-state index contributed by atoms with van der Waals surface area (Å²) in [4.78, 5) is 14.4. The number of amides is 1. The molecule has 0 aromatic heterocycles. The fraction of sp³-hybridized carbons (Fsp3) is 0.800. The monoisotopic (exact) mass is 276 g/mol. The molecule has 1 fully saturated rings. The molecule has 1 aliphatic heterocycles. The lowest BCUT2D eigenvalue weighted by Gasteiger charge is -2.39. The summed E-state index contributed by atoms with van der Waals surface area (Å²) in [5, 5.41) is 20.8. The van der Waals surface area contributed by atoms with Gasteiger partial charge in [-0.15, -0.1) is 0 Å². The third-order valence-electron chi connectivity index (χ3n) is 4.14. The first kappa shape index (κ1) is 16.5. The summed E-state index contributed by atoms with van der Waals surface area (Å²) < 4.78 is 0. The fourth-order valence-electron chi connectivity index (χ4n) is 2.73. The molecular formula is C15H24N4O. The zero-order valence-corrected chi connectivity index (χ0v) is 12.5. The summed E-state index contributed by atoms with van der Waals surface area (Å²) in [7, 11) is 0. The first-order chi connectivity index (χ1) is 9.54. The van der Waals surface area contributed by atoms with E-state index < -0.39 is 5.41 Å². The Labute approximate surface area is 121 Å². The average molecular weight is 276 g/mol. The Bertz CT molecular complexity index is 381. The topological polar surface area (TPSA) is 79.9 Å². The third-order valence-corrected chi connectivity index (χ3v) is 4.14. The molecule has 0 saturated carbocycles. The highest BCUT2D eigenvalue weighted by molar-refractivity contribution is 5.82. The summed E-state index contributed by atoms with van der Waals surface area (Å²) in [6, 6.07) is 4.14. The van der Waals surface area contributed by atoms with Gasteiger partial charge in [0, 0.05) is 18.5 Å². The van der Waals surface area contributed by atoms with Gasteiger partial charge in [-0.1, -0.05) is 13.8 Å². The highest BCUT2D eigenvalue weighted by Crippen LogP contribution is 2.33. The van der Waals surface area contributed by atoms with E-state index in [1.165, 1.54) is 0 Å².